The van der Waals surface area contributed by atoms with Crippen molar-refractivity contribution in [2.24, 2.45) is 5.92 Å². The molecule has 0 radical (unpaired) electrons. The predicted molar refractivity (Wildman–Crippen MR) is 165 cm³/mol. The number of fused-ring (bicyclic) bond motifs is 2. The maximum atomic E-state index is 2.74. The number of rotatable bonds is 6. The molecule has 2 aromatic carbocycles. The van der Waals surface area contributed by atoms with Gasteiger partial charge in [-0.25, -0.2) is 0 Å². The molecule has 2 aromatic rings. The van der Waals surface area contributed by atoms with Gasteiger partial charge >= 0.3 is 243 Å². The summed E-state index contributed by atoms with van der Waals surface area (Å²) in [5, 5.41) is 0. The first-order valence-electron chi connectivity index (χ1n) is 16.0. The van der Waals surface area contributed by atoms with Gasteiger partial charge in [0, 0.05) is 0 Å². The molecule has 2 fully saturated rings. The van der Waals surface area contributed by atoms with Crippen LogP contribution in [-0.2, 0) is 20.9 Å². The second-order valence-corrected chi connectivity index (χ2v) is 33.6. The minimum absolute atomic E-state index is 0.647. The third-order valence-electron chi connectivity index (χ3n) is 10.5. The van der Waals surface area contributed by atoms with Crippen molar-refractivity contribution in [2.75, 3.05) is 0 Å². The van der Waals surface area contributed by atoms with E-state index in [2.05, 4.69) is 82.4 Å². The predicted octanol–water partition coefficient (Wildman–Crippen LogP) is 10.6. The quantitative estimate of drug-likeness (QED) is 0.289. The molecule has 4 aliphatic carbocycles. The molecule has 0 saturated heterocycles. The number of allylic oxidation sites excluding steroid dienone is 2. The minimum atomic E-state index is -1.98. The molecule has 2 saturated carbocycles. The maximum absolute atomic E-state index is 2.74. The Bertz CT molecular complexity index is 1220. The Morgan fingerprint density at radius 1 is 0.658 bits per heavy atom. The Morgan fingerprint density at radius 3 is 1.63 bits per heavy atom. The van der Waals surface area contributed by atoms with E-state index in [1.165, 1.54) is 64.2 Å². The van der Waals surface area contributed by atoms with Gasteiger partial charge in [-0.15, -0.1) is 0 Å². The van der Waals surface area contributed by atoms with Crippen LogP contribution in [0.2, 0.25) is 13.1 Å². The molecule has 4 aliphatic rings. The van der Waals surface area contributed by atoms with E-state index in [0.29, 0.717) is 5.92 Å². The van der Waals surface area contributed by atoms with Gasteiger partial charge in [0.25, 0.3) is 0 Å². The van der Waals surface area contributed by atoms with Crippen molar-refractivity contribution in [3.8, 4) is 0 Å². The van der Waals surface area contributed by atoms with Crippen LogP contribution in [0, 0.1) is 5.92 Å². The Hall–Kier alpha value is -0.980. The van der Waals surface area contributed by atoms with Gasteiger partial charge in [-0.2, -0.15) is 0 Å². The Labute approximate surface area is 241 Å². The van der Waals surface area contributed by atoms with Gasteiger partial charge in [0.1, 0.15) is 0 Å². The van der Waals surface area contributed by atoms with E-state index in [-0.39, 0.29) is 0 Å². The first kappa shape index (κ1) is 27.2. The topological polar surface area (TPSA) is 0 Å². The number of hydrogen-bond acceptors (Lipinski definition) is 0. The van der Waals surface area contributed by atoms with Crippen LogP contribution in [0.15, 0.2) is 47.5 Å². The van der Waals surface area contributed by atoms with Gasteiger partial charge in [0.2, 0.25) is 0 Å². The van der Waals surface area contributed by atoms with Gasteiger partial charge in [-0.3, -0.25) is 0 Å². The summed E-state index contributed by atoms with van der Waals surface area (Å²) in [6, 6.07) is 15.0. The molecule has 2 atom stereocenters. The van der Waals surface area contributed by atoms with Crippen molar-refractivity contribution >= 4 is 18.1 Å². The van der Waals surface area contributed by atoms with Gasteiger partial charge < -0.3 is 0 Å². The van der Waals surface area contributed by atoms with E-state index in [0.717, 1.165) is 19.1 Å². The Kier molecular flexibility index (Phi) is 8.22. The van der Waals surface area contributed by atoms with Crippen LogP contribution in [0.1, 0.15) is 137 Å². The third-order valence-corrected chi connectivity index (χ3v) is 32.4. The zero-order chi connectivity index (χ0) is 26.4. The van der Waals surface area contributed by atoms with Crippen LogP contribution in [0.25, 0.3) is 12.2 Å². The molecule has 0 amide bonds. The van der Waals surface area contributed by atoms with Gasteiger partial charge in [0.05, 0.1) is 0 Å². The Balaban J connectivity index is 1.43. The molecule has 0 nitrogen and oxygen atoms in total. The molecule has 0 bridgehead atoms. The second kappa shape index (κ2) is 11.5. The second-order valence-electron chi connectivity index (χ2n) is 13.6. The van der Waals surface area contributed by atoms with E-state index >= 15 is 0 Å². The van der Waals surface area contributed by atoms with Gasteiger partial charge in [-0.05, 0) is 0 Å². The molecule has 201 valence electrons. The molecule has 0 spiro atoms. The molecule has 2 heteroatoms. The standard InChI is InChI=1S/C18H23.C16H19.C2H7Si.Zr/c1-13(2)16-11-15-9-6-10-17(18(15)12-16)14-7-4-3-5-8-14;1-12-10-14-8-5-9-15(16(14)11-12)13-6-3-2-4-7-13;1-3-2;/h6,9-14H,3-5,7-8H2,1-2H3;5,8-11,13H,2-4,6-7H2,1H3;3H,1-2H3;. The average Bonchev–Trinajstić information content (AvgIpc) is 3.48. The summed E-state index contributed by atoms with van der Waals surface area (Å²) >= 11 is -1.98. The monoisotopic (exact) mass is 599 g/mol. The van der Waals surface area contributed by atoms with Crippen molar-refractivity contribution in [2.45, 2.75) is 117 Å². The summed E-state index contributed by atoms with van der Waals surface area (Å²) in [5.41, 5.74) is 13.8. The number of benzene rings is 2. The van der Waals surface area contributed by atoms with Crippen molar-refractivity contribution in [1.29, 1.82) is 0 Å². The van der Waals surface area contributed by atoms with Crippen molar-refractivity contribution < 1.29 is 20.9 Å². The molecule has 0 heterocycles. The summed E-state index contributed by atoms with van der Waals surface area (Å²) in [6.07, 6.45) is 19.6. The van der Waals surface area contributed by atoms with E-state index in [1.54, 1.807) is 39.0 Å². The van der Waals surface area contributed by atoms with Gasteiger partial charge in [-0.1, -0.05) is 0 Å². The van der Waals surface area contributed by atoms with Crippen LogP contribution in [-0.4, -0.2) is 5.92 Å². The summed E-state index contributed by atoms with van der Waals surface area (Å²) in [6.45, 7) is 12.9. The van der Waals surface area contributed by atoms with Crippen LogP contribution >= 0.6 is 0 Å². The van der Waals surface area contributed by atoms with E-state index in [4.69, 9.17) is 0 Å². The summed E-state index contributed by atoms with van der Waals surface area (Å²) in [5.74, 6) is 1.42. The molecule has 38 heavy (non-hydrogen) atoms. The fraction of sp³-hybridized carbons (Fsp3) is 0.556. The third kappa shape index (κ3) is 4.89. The molecule has 0 N–H and O–H groups in total. The zero-order valence-corrected chi connectivity index (χ0v) is 28.3. The van der Waals surface area contributed by atoms with Crippen molar-refractivity contribution in [3.05, 3.63) is 80.9 Å². The fourth-order valence-electron chi connectivity index (χ4n) is 8.71. The van der Waals surface area contributed by atoms with Gasteiger partial charge in [0.15, 0.2) is 0 Å². The average molecular weight is 601 g/mol. The van der Waals surface area contributed by atoms with Crippen LogP contribution < -0.4 is 0 Å². The van der Waals surface area contributed by atoms with Crippen molar-refractivity contribution in [3.63, 3.8) is 0 Å². The zero-order valence-electron chi connectivity index (χ0n) is 24.7. The van der Waals surface area contributed by atoms with Crippen LogP contribution in [0.5, 0.6) is 0 Å². The van der Waals surface area contributed by atoms with Crippen LogP contribution in [0.3, 0.4) is 0 Å². The molecule has 0 aliphatic heterocycles. The summed E-state index contributed by atoms with van der Waals surface area (Å²) < 4.78 is 1.55. The fourth-order valence-corrected chi connectivity index (χ4v) is 32.0. The van der Waals surface area contributed by atoms with E-state index in [9.17, 15) is 0 Å². The normalized spacial score (nSPS) is 24.0. The number of hydrogen-bond donors (Lipinski definition) is 0. The molecule has 6 rings (SSSR count). The SMILES string of the molecule is CC1=Cc2c(C3CCCCC3)cccc2[CH]1[Zr]([CH]1C(C(C)C)=Cc2c(C3CCCCC3)cccc21)[SiH](C)C. The summed E-state index contributed by atoms with van der Waals surface area (Å²) in [4.78, 5) is 0. The van der Waals surface area contributed by atoms with E-state index in [1.807, 2.05) is 5.57 Å². The molecular weight excluding hydrogens is 552 g/mol. The van der Waals surface area contributed by atoms with Crippen molar-refractivity contribution in [1.82, 2.24) is 0 Å². The Morgan fingerprint density at radius 2 is 1.13 bits per heavy atom. The molecule has 0 aromatic heterocycles. The van der Waals surface area contributed by atoms with Crippen LogP contribution in [0.4, 0.5) is 0 Å². The summed E-state index contributed by atoms with van der Waals surface area (Å²) in [7, 11) is 0. The van der Waals surface area contributed by atoms with E-state index < -0.39 is 26.8 Å². The first-order valence-corrected chi connectivity index (χ1v) is 26.0. The first-order chi connectivity index (χ1) is 18.5. The molecule has 2 unspecified atom stereocenters. The molecular formula is C36H49SiZr.